The van der Waals surface area contributed by atoms with E-state index in [0.717, 1.165) is 12.1 Å². The van der Waals surface area contributed by atoms with Crippen LogP contribution in [0.4, 0.5) is 0 Å². The third kappa shape index (κ3) is 3.79. The van der Waals surface area contributed by atoms with E-state index in [1.165, 1.54) is 24.3 Å². The summed E-state index contributed by atoms with van der Waals surface area (Å²) in [6.45, 7) is 1.99. The van der Waals surface area contributed by atoms with E-state index >= 15 is 0 Å². The average molecular weight is 426 g/mol. The normalized spacial score (nSPS) is 24.7. The van der Waals surface area contributed by atoms with Crippen molar-refractivity contribution in [3.8, 4) is 0 Å². The molecule has 1 aromatic heterocycles. The van der Waals surface area contributed by atoms with Gasteiger partial charge in [-0.1, -0.05) is 30.3 Å². The summed E-state index contributed by atoms with van der Waals surface area (Å²) in [7, 11) is -3.69. The zero-order valence-corrected chi connectivity index (χ0v) is 17.0. The highest BCUT2D eigenvalue weighted by molar-refractivity contribution is 7.89. The number of rotatable bonds is 4. The second-order valence-electron chi connectivity index (χ2n) is 7.85. The third-order valence-electron chi connectivity index (χ3n) is 5.81. The van der Waals surface area contributed by atoms with Gasteiger partial charge in [-0.2, -0.15) is 0 Å². The number of nitrogens with one attached hydrogen (secondary N) is 1. The van der Waals surface area contributed by atoms with Crippen molar-refractivity contribution in [2.75, 3.05) is 19.7 Å². The van der Waals surface area contributed by atoms with Gasteiger partial charge >= 0.3 is 5.63 Å². The highest BCUT2D eigenvalue weighted by Gasteiger charge is 2.39. The first-order valence-electron chi connectivity index (χ1n) is 9.95. The van der Waals surface area contributed by atoms with Crippen molar-refractivity contribution in [2.45, 2.75) is 29.5 Å². The van der Waals surface area contributed by atoms with Crippen molar-refractivity contribution >= 4 is 21.0 Å². The molecule has 7 nitrogen and oxygen atoms in total. The molecule has 2 aliphatic rings. The lowest BCUT2D eigenvalue weighted by atomic mass is 10.1. The quantitative estimate of drug-likeness (QED) is 0.644. The van der Waals surface area contributed by atoms with Crippen LogP contribution < -0.4 is 10.3 Å². The Morgan fingerprint density at radius 3 is 2.67 bits per heavy atom. The van der Waals surface area contributed by atoms with Crippen LogP contribution in [0.15, 0.2) is 74.8 Å². The average Bonchev–Trinajstić information content (AvgIpc) is 3.14. The molecule has 3 aromatic rings. The van der Waals surface area contributed by atoms with Gasteiger partial charge in [0.05, 0.1) is 17.6 Å². The maximum absolute atomic E-state index is 12.9. The van der Waals surface area contributed by atoms with E-state index in [4.69, 9.17) is 9.15 Å². The van der Waals surface area contributed by atoms with Crippen molar-refractivity contribution in [1.29, 1.82) is 0 Å². The van der Waals surface area contributed by atoms with Crippen LogP contribution in [0.5, 0.6) is 0 Å². The van der Waals surface area contributed by atoms with E-state index < -0.39 is 15.6 Å². The summed E-state index contributed by atoms with van der Waals surface area (Å²) in [6.07, 6.45) is 0.719. The summed E-state index contributed by atoms with van der Waals surface area (Å²) in [5, 5.41) is 0.570. The molecule has 3 heterocycles. The number of benzene rings is 2. The molecule has 1 N–H and O–H groups in total. The Morgan fingerprint density at radius 1 is 1.00 bits per heavy atom. The molecule has 0 spiro atoms. The number of ether oxygens (including phenoxy) is 1. The van der Waals surface area contributed by atoms with E-state index in [1.807, 2.05) is 18.2 Å². The monoisotopic (exact) mass is 426 g/mol. The number of nitrogens with zero attached hydrogens (tertiary/aromatic N) is 1. The zero-order valence-electron chi connectivity index (χ0n) is 16.2. The fourth-order valence-corrected chi connectivity index (χ4v) is 5.61. The zero-order chi connectivity index (χ0) is 20.7. The van der Waals surface area contributed by atoms with Crippen molar-refractivity contribution in [3.05, 3.63) is 76.6 Å². The van der Waals surface area contributed by atoms with Gasteiger partial charge in [-0.3, -0.25) is 4.90 Å². The van der Waals surface area contributed by atoms with E-state index in [1.54, 1.807) is 6.07 Å². The Labute approximate surface area is 174 Å². The second-order valence-corrected chi connectivity index (χ2v) is 9.56. The van der Waals surface area contributed by atoms with Gasteiger partial charge in [0.1, 0.15) is 5.58 Å². The lowest BCUT2D eigenvalue weighted by Gasteiger charge is -2.35. The molecule has 0 unspecified atom stereocenters. The first kappa shape index (κ1) is 19.4. The van der Waals surface area contributed by atoms with Crippen LogP contribution in [-0.4, -0.2) is 45.1 Å². The maximum atomic E-state index is 12.9. The SMILES string of the molecule is O=c1ccc2cc(S(=O)(=O)N[C@@H]3C[C@H]4CO[C@@H](c5ccccc5)CN4C3)ccc2o1. The molecule has 0 bridgehead atoms. The third-order valence-corrected chi connectivity index (χ3v) is 7.33. The van der Waals surface area contributed by atoms with Crippen LogP contribution in [0.2, 0.25) is 0 Å². The van der Waals surface area contributed by atoms with Crippen LogP contribution in [0.1, 0.15) is 18.1 Å². The number of hydrogen-bond acceptors (Lipinski definition) is 6. The lowest BCUT2D eigenvalue weighted by molar-refractivity contribution is -0.0502. The van der Waals surface area contributed by atoms with Gasteiger partial charge < -0.3 is 9.15 Å². The standard InChI is InChI=1S/C22H22N2O5S/c25-22-9-6-16-10-19(7-8-20(16)29-22)30(26,27)23-17-11-18-14-28-21(13-24(18)12-17)15-4-2-1-3-5-15/h1-10,17-18,21,23H,11-14H2/t17-,18+,21-/m1/s1. The molecule has 0 amide bonds. The smallest absolute Gasteiger partial charge is 0.336 e. The minimum atomic E-state index is -3.69. The molecule has 2 aromatic carbocycles. The van der Waals surface area contributed by atoms with Gasteiger partial charge in [-0.15, -0.1) is 0 Å². The predicted octanol–water partition coefficient (Wildman–Crippen LogP) is 2.29. The molecule has 156 valence electrons. The van der Waals surface area contributed by atoms with Gasteiger partial charge in [-0.25, -0.2) is 17.9 Å². The molecular weight excluding hydrogens is 404 g/mol. The summed E-state index contributed by atoms with van der Waals surface area (Å²) in [4.78, 5) is 13.8. The van der Waals surface area contributed by atoms with E-state index in [9.17, 15) is 13.2 Å². The minimum absolute atomic E-state index is 0.00736. The highest BCUT2D eigenvalue weighted by Crippen LogP contribution is 2.31. The first-order valence-corrected chi connectivity index (χ1v) is 11.4. The van der Waals surface area contributed by atoms with E-state index in [2.05, 4.69) is 21.8 Å². The fraction of sp³-hybridized carbons (Fsp3) is 0.318. The molecule has 0 saturated carbocycles. The van der Waals surface area contributed by atoms with Crippen molar-refractivity contribution in [2.24, 2.45) is 0 Å². The molecule has 8 heteroatoms. The molecule has 30 heavy (non-hydrogen) atoms. The van der Waals surface area contributed by atoms with Crippen LogP contribution in [0.3, 0.4) is 0 Å². The Morgan fingerprint density at radius 2 is 1.83 bits per heavy atom. The second kappa shape index (κ2) is 7.63. The summed E-state index contributed by atoms with van der Waals surface area (Å²) in [5.74, 6) is 0. The van der Waals surface area contributed by atoms with Crippen LogP contribution in [0.25, 0.3) is 11.0 Å². The van der Waals surface area contributed by atoms with Gasteiger partial charge in [-0.05, 0) is 36.2 Å². The molecule has 5 rings (SSSR count). The van der Waals surface area contributed by atoms with Crippen LogP contribution in [0, 0.1) is 0 Å². The summed E-state index contributed by atoms with van der Waals surface area (Å²) in [5.41, 5.74) is 1.04. The van der Waals surface area contributed by atoms with Crippen molar-refractivity contribution < 1.29 is 17.6 Å². The van der Waals surface area contributed by atoms with Gasteiger partial charge in [0.2, 0.25) is 10.0 Å². The molecule has 2 aliphatic heterocycles. The number of hydrogen-bond donors (Lipinski definition) is 1. The largest absolute Gasteiger partial charge is 0.423 e. The van der Waals surface area contributed by atoms with Crippen molar-refractivity contribution in [1.82, 2.24) is 9.62 Å². The maximum Gasteiger partial charge on any atom is 0.336 e. The molecule has 2 saturated heterocycles. The Kier molecular flexibility index (Phi) is 4.94. The Hall–Kier alpha value is -2.52. The Bertz CT molecular complexity index is 1230. The number of sulfonamides is 1. The van der Waals surface area contributed by atoms with Gasteiger partial charge in [0.15, 0.2) is 0 Å². The van der Waals surface area contributed by atoms with Crippen molar-refractivity contribution in [3.63, 3.8) is 0 Å². The molecule has 2 fully saturated rings. The molecule has 3 atom stereocenters. The molecule has 0 radical (unpaired) electrons. The highest BCUT2D eigenvalue weighted by atomic mass is 32.2. The Balaban J connectivity index is 1.29. The number of morpholine rings is 1. The first-order chi connectivity index (χ1) is 14.5. The minimum Gasteiger partial charge on any atom is -0.423 e. The van der Waals surface area contributed by atoms with E-state index in [0.29, 0.717) is 30.5 Å². The summed E-state index contributed by atoms with van der Waals surface area (Å²) < 4.78 is 39.8. The fourth-order valence-electron chi connectivity index (χ4n) is 4.33. The van der Waals surface area contributed by atoms with Gasteiger partial charge in [0, 0.05) is 36.6 Å². The van der Waals surface area contributed by atoms with Crippen LogP contribution in [-0.2, 0) is 14.8 Å². The number of fused-ring (bicyclic) bond motifs is 2. The molecular formula is C22H22N2O5S. The topological polar surface area (TPSA) is 88.8 Å². The summed E-state index contributed by atoms with van der Waals surface area (Å²) in [6, 6.07) is 17.5. The van der Waals surface area contributed by atoms with Gasteiger partial charge in [0.25, 0.3) is 0 Å². The lowest BCUT2D eigenvalue weighted by Crippen LogP contribution is -2.43. The van der Waals surface area contributed by atoms with Crippen LogP contribution >= 0.6 is 0 Å². The summed E-state index contributed by atoms with van der Waals surface area (Å²) >= 11 is 0. The predicted molar refractivity (Wildman–Crippen MR) is 112 cm³/mol. The molecule has 0 aliphatic carbocycles. The van der Waals surface area contributed by atoms with E-state index in [-0.39, 0.29) is 23.1 Å².